The monoisotopic (exact) mass is 266 g/mol. The van der Waals surface area contributed by atoms with Crippen LogP contribution < -0.4 is 39.4 Å². The maximum atomic E-state index is 10.9. The second-order valence-corrected chi connectivity index (χ2v) is 3.70. The van der Waals surface area contributed by atoms with Gasteiger partial charge in [0.05, 0.1) is 5.97 Å². The summed E-state index contributed by atoms with van der Waals surface area (Å²) in [5.74, 6) is -0.952. The third-order valence-corrected chi connectivity index (χ3v) is 2.48. The molecule has 0 aliphatic carbocycles. The Balaban J connectivity index is 0.00000180. The van der Waals surface area contributed by atoms with Gasteiger partial charge in [-0.05, 0) is 18.2 Å². The van der Waals surface area contributed by atoms with E-state index >= 15 is 0 Å². The third-order valence-electron chi connectivity index (χ3n) is 2.48. The summed E-state index contributed by atoms with van der Waals surface area (Å²) in [5.41, 5.74) is 0.582. The smallest absolute Gasteiger partial charge is 0.545 e. The van der Waals surface area contributed by atoms with Crippen molar-refractivity contribution in [3.63, 3.8) is 0 Å². The van der Waals surface area contributed by atoms with E-state index in [0.29, 0.717) is 5.56 Å². The average Bonchev–Trinajstić information content (AvgIpc) is 2.38. The number of aromatic carboxylic acids is 1. The Morgan fingerprint density at radius 1 is 1.11 bits per heavy atom. The van der Waals surface area contributed by atoms with Crippen LogP contribution in [0.1, 0.15) is 15.9 Å². The molecule has 0 aliphatic heterocycles. The molecule has 19 heavy (non-hydrogen) atoms. The van der Waals surface area contributed by atoms with Crippen molar-refractivity contribution in [3.05, 3.63) is 59.7 Å². The van der Waals surface area contributed by atoms with Gasteiger partial charge in [-0.2, -0.15) is 0 Å². The minimum atomic E-state index is -1.29. The number of carboxylic acids is 1. The minimum absolute atomic E-state index is 0. The van der Waals surface area contributed by atoms with Crippen molar-refractivity contribution in [1.82, 2.24) is 0 Å². The van der Waals surface area contributed by atoms with E-state index in [2.05, 4.69) is 0 Å². The summed E-state index contributed by atoms with van der Waals surface area (Å²) in [5, 5.41) is 20.4. The molecule has 2 aromatic carbocycles. The zero-order valence-corrected chi connectivity index (χ0v) is 12.5. The van der Waals surface area contributed by atoms with Gasteiger partial charge >= 0.3 is 29.6 Å². The molecule has 0 unspecified atom stereocenters. The Labute approximate surface area is 132 Å². The molecular weight excluding hydrogens is 255 g/mol. The topological polar surface area (TPSA) is 69.6 Å². The summed E-state index contributed by atoms with van der Waals surface area (Å²) in [7, 11) is 0. The fourth-order valence-electron chi connectivity index (χ4n) is 1.55. The van der Waals surface area contributed by atoms with E-state index in [4.69, 9.17) is 4.74 Å². The maximum Gasteiger partial charge on any atom is 1.00 e. The minimum Gasteiger partial charge on any atom is -0.545 e. The van der Waals surface area contributed by atoms with Crippen molar-refractivity contribution >= 4 is 5.97 Å². The van der Waals surface area contributed by atoms with Gasteiger partial charge in [-0.1, -0.05) is 30.3 Å². The summed E-state index contributed by atoms with van der Waals surface area (Å²) in [4.78, 5) is 10.9. The van der Waals surface area contributed by atoms with Crippen molar-refractivity contribution in [2.24, 2.45) is 0 Å². The molecule has 4 nitrogen and oxygen atoms in total. The number of hydrogen-bond donors (Lipinski definition) is 1. The van der Waals surface area contributed by atoms with E-state index in [1.165, 1.54) is 6.07 Å². The molecule has 0 saturated heterocycles. The van der Waals surface area contributed by atoms with Crippen molar-refractivity contribution in [1.29, 1.82) is 0 Å². The number of carboxylic acid groups (broad SMARTS) is 1. The Morgan fingerprint density at radius 2 is 1.74 bits per heavy atom. The molecule has 0 fully saturated rings. The number of hydrogen-bond acceptors (Lipinski definition) is 4. The Bertz CT molecular complexity index is 569. The molecule has 0 spiro atoms. The maximum absolute atomic E-state index is 10.9. The predicted octanol–water partition coefficient (Wildman–Crippen LogP) is -1.66. The molecule has 0 bridgehead atoms. The first-order valence-corrected chi connectivity index (χ1v) is 5.38. The molecular formula is C14H11NaO4. The van der Waals surface area contributed by atoms with E-state index in [1.807, 2.05) is 0 Å². The molecule has 0 atom stereocenters. The van der Waals surface area contributed by atoms with Crippen LogP contribution >= 0.6 is 0 Å². The number of ether oxygens (including phenoxy) is 1. The fourth-order valence-corrected chi connectivity index (χ4v) is 1.55. The van der Waals surface area contributed by atoms with Gasteiger partial charge in [0.2, 0.25) is 0 Å². The van der Waals surface area contributed by atoms with E-state index in [-0.39, 0.29) is 53.2 Å². The first-order valence-electron chi connectivity index (χ1n) is 5.38. The quantitative estimate of drug-likeness (QED) is 0.672. The first kappa shape index (κ1) is 15.6. The van der Waals surface area contributed by atoms with Gasteiger partial charge in [0, 0.05) is 11.1 Å². The number of phenols is 1. The summed E-state index contributed by atoms with van der Waals surface area (Å²) < 4.78 is 5.38. The molecule has 0 aromatic heterocycles. The van der Waals surface area contributed by atoms with Crippen molar-refractivity contribution in [2.45, 2.75) is 6.61 Å². The number of benzene rings is 2. The van der Waals surface area contributed by atoms with E-state index in [9.17, 15) is 15.0 Å². The van der Waals surface area contributed by atoms with Crippen LogP contribution in [0.25, 0.3) is 0 Å². The van der Waals surface area contributed by atoms with Crippen LogP contribution in [0.5, 0.6) is 11.5 Å². The van der Waals surface area contributed by atoms with E-state index in [1.54, 1.807) is 42.5 Å². The Morgan fingerprint density at radius 3 is 2.42 bits per heavy atom. The molecule has 0 saturated carbocycles. The molecule has 92 valence electrons. The molecule has 5 heteroatoms. The van der Waals surface area contributed by atoms with Crippen LogP contribution in [-0.2, 0) is 6.61 Å². The van der Waals surface area contributed by atoms with Gasteiger partial charge in [-0.15, -0.1) is 0 Å². The van der Waals surface area contributed by atoms with Crippen LogP contribution in [0.3, 0.4) is 0 Å². The second-order valence-electron chi connectivity index (χ2n) is 3.70. The number of para-hydroxylation sites is 2. The van der Waals surface area contributed by atoms with Crippen LogP contribution in [0.15, 0.2) is 48.5 Å². The van der Waals surface area contributed by atoms with E-state index < -0.39 is 5.97 Å². The van der Waals surface area contributed by atoms with Crippen LogP contribution in [-0.4, -0.2) is 11.1 Å². The summed E-state index contributed by atoms with van der Waals surface area (Å²) in [6.45, 7) is 0.0942. The van der Waals surface area contributed by atoms with E-state index in [0.717, 1.165) is 0 Å². The van der Waals surface area contributed by atoms with Crippen LogP contribution in [0.2, 0.25) is 0 Å². The molecule has 0 radical (unpaired) electrons. The molecule has 1 N–H and O–H groups in total. The summed E-state index contributed by atoms with van der Waals surface area (Å²) in [6.07, 6.45) is 0. The summed E-state index contributed by atoms with van der Waals surface area (Å²) in [6, 6.07) is 12.9. The molecule has 0 heterocycles. The van der Waals surface area contributed by atoms with Crippen LogP contribution in [0.4, 0.5) is 0 Å². The Kier molecular flexibility index (Phi) is 5.89. The predicted molar refractivity (Wildman–Crippen MR) is 63.2 cm³/mol. The van der Waals surface area contributed by atoms with Gasteiger partial charge in [0.25, 0.3) is 0 Å². The normalized spacial score (nSPS) is 9.47. The summed E-state index contributed by atoms with van der Waals surface area (Å²) >= 11 is 0. The third kappa shape index (κ3) is 3.99. The van der Waals surface area contributed by atoms with Gasteiger partial charge in [-0.25, -0.2) is 0 Å². The number of rotatable bonds is 4. The average molecular weight is 266 g/mol. The molecule has 0 aliphatic rings. The fraction of sp³-hybridized carbons (Fsp3) is 0.0714. The van der Waals surface area contributed by atoms with Gasteiger partial charge in [-0.3, -0.25) is 0 Å². The van der Waals surface area contributed by atoms with Crippen molar-refractivity contribution < 1.29 is 49.3 Å². The van der Waals surface area contributed by atoms with Crippen molar-refractivity contribution in [2.75, 3.05) is 0 Å². The Hall–Kier alpha value is -1.49. The number of phenolic OH excluding ortho intramolecular Hbond substituents is 1. The van der Waals surface area contributed by atoms with Crippen molar-refractivity contribution in [3.8, 4) is 11.5 Å². The molecule has 2 rings (SSSR count). The first-order chi connectivity index (χ1) is 8.68. The van der Waals surface area contributed by atoms with Crippen LogP contribution in [0, 0.1) is 0 Å². The molecule has 2 aromatic rings. The zero-order chi connectivity index (χ0) is 13.0. The molecule has 0 amide bonds. The number of carbonyl (C=O) groups excluding carboxylic acids is 1. The number of carbonyl (C=O) groups is 1. The van der Waals surface area contributed by atoms with Gasteiger partial charge in [0.1, 0.15) is 18.1 Å². The SMILES string of the molecule is O=C([O-])c1ccccc1OCc1ccccc1O.[Na+]. The largest absolute Gasteiger partial charge is 1.00 e. The second kappa shape index (κ2) is 7.19. The van der Waals surface area contributed by atoms with Gasteiger partial charge < -0.3 is 19.7 Å². The number of aromatic hydroxyl groups is 1. The van der Waals surface area contributed by atoms with Gasteiger partial charge in [0.15, 0.2) is 0 Å². The standard InChI is InChI=1S/C14H12O4.Na/c15-12-7-3-1-5-10(12)9-18-13-8-4-2-6-11(13)14(16)17;/h1-8,15H,9H2,(H,16,17);/q;+1/p-1. The zero-order valence-electron chi connectivity index (χ0n) is 10.5.